The van der Waals surface area contributed by atoms with Crippen LogP contribution >= 0.6 is 0 Å². The van der Waals surface area contributed by atoms with E-state index in [0.717, 1.165) is 23.3 Å². The van der Waals surface area contributed by atoms with E-state index in [1.807, 2.05) is 69.3 Å². The molecule has 0 fully saturated rings. The van der Waals surface area contributed by atoms with Crippen molar-refractivity contribution in [3.63, 3.8) is 0 Å². The van der Waals surface area contributed by atoms with Crippen LogP contribution in [0.5, 0.6) is 11.5 Å². The van der Waals surface area contributed by atoms with Gasteiger partial charge in [0.1, 0.15) is 11.5 Å². The summed E-state index contributed by atoms with van der Waals surface area (Å²) in [5, 5.41) is 0. The molecular formula is C19H22O3. The highest BCUT2D eigenvalue weighted by atomic mass is 16.5. The molecule has 0 N–H and O–H groups in total. The smallest absolute Gasteiger partial charge is 0.316 e. The van der Waals surface area contributed by atoms with Crippen LogP contribution in [0.15, 0.2) is 48.5 Å². The van der Waals surface area contributed by atoms with Gasteiger partial charge < -0.3 is 9.47 Å². The summed E-state index contributed by atoms with van der Waals surface area (Å²) in [4.78, 5) is 12.1. The second-order valence-corrected chi connectivity index (χ2v) is 5.88. The minimum Gasteiger partial charge on any atom is -0.497 e. The molecule has 0 saturated carbocycles. The molecule has 0 saturated heterocycles. The number of rotatable bonds is 5. The van der Waals surface area contributed by atoms with Crippen molar-refractivity contribution in [1.82, 2.24) is 0 Å². The predicted molar refractivity (Wildman–Crippen MR) is 88.1 cm³/mol. The number of hydrogen-bond acceptors (Lipinski definition) is 3. The molecule has 3 nitrogen and oxygen atoms in total. The van der Waals surface area contributed by atoms with E-state index in [9.17, 15) is 4.79 Å². The highest BCUT2D eigenvalue weighted by molar-refractivity contribution is 5.78. The van der Waals surface area contributed by atoms with Crippen molar-refractivity contribution in [2.45, 2.75) is 27.2 Å². The van der Waals surface area contributed by atoms with Crippen LogP contribution in [-0.4, -0.2) is 13.1 Å². The molecule has 0 unspecified atom stereocenters. The lowest BCUT2D eigenvalue weighted by atomic mass is 9.91. The van der Waals surface area contributed by atoms with Crippen molar-refractivity contribution in [2.75, 3.05) is 7.11 Å². The highest BCUT2D eigenvalue weighted by Crippen LogP contribution is 2.27. The van der Waals surface area contributed by atoms with Crippen molar-refractivity contribution in [3.8, 4) is 22.6 Å². The van der Waals surface area contributed by atoms with E-state index in [1.54, 1.807) is 7.11 Å². The third kappa shape index (κ3) is 3.67. The molecule has 0 aromatic heterocycles. The quantitative estimate of drug-likeness (QED) is 0.592. The Balaban J connectivity index is 2.11. The number of methoxy groups -OCH3 is 1. The van der Waals surface area contributed by atoms with Gasteiger partial charge in [0, 0.05) is 0 Å². The Bertz CT molecular complexity index is 625. The van der Waals surface area contributed by atoms with Crippen LogP contribution in [0, 0.1) is 5.41 Å². The minimum absolute atomic E-state index is 0.202. The zero-order valence-corrected chi connectivity index (χ0v) is 13.6. The Labute approximate surface area is 131 Å². The van der Waals surface area contributed by atoms with Gasteiger partial charge in [0.25, 0.3) is 0 Å². The Morgan fingerprint density at radius 2 is 1.36 bits per heavy atom. The maximum absolute atomic E-state index is 12.1. The topological polar surface area (TPSA) is 35.5 Å². The van der Waals surface area contributed by atoms with Crippen LogP contribution in [0.1, 0.15) is 27.2 Å². The molecule has 0 amide bonds. The summed E-state index contributed by atoms with van der Waals surface area (Å²) < 4.78 is 10.6. The molecule has 2 rings (SSSR count). The van der Waals surface area contributed by atoms with Gasteiger partial charge in [-0.15, -0.1) is 0 Å². The minimum atomic E-state index is -0.464. The molecule has 0 radical (unpaired) electrons. The van der Waals surface area contributed by atoms with Crippen LogP contribution in [0.4, 0.5) is 0 Å². The van der Waals surface area contributed by atoms with Crippen molar-refractivity contribution >= 4 is 5.97 Å². The van der Waals surface area contributed by atoms with Gasteiger partial charge in [0.05, 0.1) is 12.5 Å². The number of carbonyl (C=O) groups excluding carboxylic acids is 1. The maximum Gasteiger partial charge on any atom is 0.316 e. The summed E-state index contributed by atoms with van der Waals surface area (Å²) >= 11 is 0. The molecule has 0 bridgehead atoms. The summed E-state index contributed by atoms with van der Waals surface area (Å²) in [6.45, 7) is 5.76. The van der Waals surface area contributed by atoms with E-state index < -0.39 is 5.41 Å². The number of hydrogen-bond donors (Lipinski definition) is 0. The standard InChI is InChI=1S/C19H22O3/c1-5-19(2,3)18(20)22-17-12-8-15(9-13-17)14-6-10-16(21-4)11-7-14/h6-13H,5H2,1-4H3. The number of esters is 1. The monoisotopic (exact) mass is 298 g/mol. The Kier molecular flexibility index (Phi) is 4.86. The third-order valence-corrected chi connectivity index (χ3v) is 3.92. The summed E-state index contributed by atoms with van der Waals surface area (Å²) in [6, 6.07) is 15.4. The molecule has 0 aliphatic heterocycles. The second-order valence-electron chi connectivity index (χ2n) is 5.88. The highest BCUT2D eigenvalue weighted by Gasteiger charge is 2.27. The number of carbonyl (C=O) groups is 1. The average molecular weight is 298 g/mol. The van der Waals surface area contributed by atoms with Crippen LogP contribution in [0.2, 0.25) is 0 Å². The van der Waals surface area contributed by atoms with Gasteiger partial charge >= 0.3 is 5.97 Å². The van der Waals surface area contributed by atoms with Crippen molar-refractivity contribution < 1.29 is 14.3 Å². The number of benzene rings is 2. The van der Waals surface area contributed by atoms with Gasteiger partial charge in [-0.25, -0.2) is 0 Å². The molecule has 0 aliphatic carbocycles. The lowest BCUT2D eigenvalue weighted by Crippen LogP contribution is -2.28. The zero-order chi connectivity index (χ0) is 16.2. The maximum atomic E-state index is 12.1. The van der Waals surface area contributed by atoms with Crippen molar-refractivity contribution in [3.05, 3.63) is 48.5 Å². The molecule has 0 atom stereocenters. The molecule has 0 aliphatic rings. The van der Waals surface area contributed by atoms with Crippen LogP contribution in [-0.2, 0) is 4.79 Å². The van der Waals surface area contributed by atoms with Gasteiger partial charge in [0.15, 0.2) is 0 Å². The van der Waals surface area contributed by atoms with E-state index >= 15 is 0 Å². The molecule has 22 heavy (non-hydrogen) atoms. The Morgan fingerprint density at radius 3 is 1.77 bits per heavy atom. The Hall–Kier alpha value is -2.29. The van der Waals surface area contributed by atoms with Gasteiger partial charge in [-0.1, -0.05) is 31.2 Å². The SMILES string of the molecule is CCC(C)(C)C(=O)Oc1ccc(-c2ccc(OC)cc2)cc1. The Morgan fingerprint density at radius 1 is 0.909 bits per heavy atom. The van der Waals surface area contributed by atoms with Crippen LogP contribution < -0.4 is 9.47 Å². The molecule has 0 spiro atoms. The van der Waals surface area contributed by atoms with Gasteiger partial charge in [0.2, 0.25) is 0 Å². The number of ether oxygens (including phenoxy) is 2. The fourth-order valence-electron chi connectivity index (χ4n) is 1.89. The fraction of sp³-hybridized carbons (Fsp3) is 0.316. The predicted octanol–water partition coefficient (Wildman–Crippen LogP) is 4.70. The second kappa shape index (κ2) is 6.65. The van der Waals surface area contributed by atoms with Crippen LogP contribution in [0.3, 0.4) is 0 Å². The van der Waals surface area contributed by atoms with Crippen molar-refractivity contribution in [1.29, 1.82) is 0 Å². The average Bonchev–Trinajstić information content (AvgIpc) is 2.55. The molecule has 3 heteroatoms. The first-order valence-corrected chi connectivity index (χ1v) is 7.43. The van der Waals surface area contributed by atoms with E-state index in [0.29, 0.717) is 5.75 Å². The van der Waals surface area contributed by atoms with E-state index in [-0.39, 0.29) is 5.97 Å². The summed E-state index contributed by atoms with van der Waals surface area (Å²) in [6.07, 6.45) is 0.746. The van der Waals surface area contributed by atoms with Gasteiger partial charge in [-0.2, -0.15) is 0 Å². The molecule has 2 aromatic carbocycles. The summed E-state index contributed by atoms with van der Waals surface area (Å²) in [7, 11) is 1.65. The molecule has 116 valence electrons. The fourth-order valence-corrected chi connectivity index (χ4v) is 1.89. The van der Waals surface area contributed by atoms with Gasteiger partial charge in [-0.05, 0) is 55.7 Å². The summed E-state index contributed by atoms with van der Waals surface area (Å²) in [5.41, 5.74) is 1.69. The molecule has 2 aromatic rings. The first-order valence-electron chi connectivity index (χ1n) is 7.43. The largest absolute Gasteiger partial charge is 0.497 e. The van der Waals surface area contributed by atoms with E-state index in [2.05, 4.69) is 0 Å². The molecule has 0 heterocycles. The first kappa shape index (κ1) is 16.1. The summed E-state index contributed by atoms with van der Waals surface area (Å²) in [5.74, 6) is 1.20. The van der Waals surface area contributed by atoms with E-state index in [1.165, 1.54) is 0 Å². The zero-order valence-electron chi connectivity index (χ0n) is 13.6. The van der Waals surface area contributed by atoms with E-state index in [4.69, 9.17) is 9.47 Å². The first-order chi connectivity index (χ1) is 10.5. The lowest BCUT2D eigenvalue weighted by Gasteiger charge is -2.20. The van der Waals surface area contributed by atoms with Crippen molar-refractivity contribution in [2.24, 2.45) is 5.41 Å². The normalized spacial score (nSPS) is 11.1. The van der Waals surface area contributed by atoms with Crippen LogP contribution in [0.25, 0.3) is 11.1 Å². The third-order valence-electron chi connectivity index (χ3n) is 3.92. The van der Waals surface area contributed by atoms with Gasteiger partial charge in [-0.3, -0.25) is 4.79 Å². The lowest BCUT2D eigenvalue weighted by molar-refractivity contribution is -0.144. The molecular weight excluding hydrogens is 276 g/mol.